The maximum atomic E-state index is 11.4. The molecule has 0 aliphatic rings. The van der Waals surface area contributed by atoms with Crippen molar-refractivity contribution in [1.29, 1.82) is 0 Å². The Morgan fingerprint density at radius 2 is 2.37 bits per heavy atom. The fourth-order valence-electron chi connectivity index (χ4n) is 1.45. The maximum absolute atomic E-state index is 11.4. The summed E-state index contributed by atoms with van der Waals surface area (Å²) in [6.07, 6.45) is 1.46. The number of esters is 1. The van der Waals surface area contributed by atoms with Gasteiger partial charge in [0.2, 0.25) is 0 Å². The fourth-order valence-corrected chi connectivity index (χ4v) is 1.45. The summed E-state index contributed by atoms with van der Waals surface area (Å²) in [5, 5.41) is 16.7. The largest absolute Gasteiger partial charge is 0.462 e. The van der Waals surface area contributed by atoms with Crippen molar-refractivity contribution >= 4 is 11.8 Å². The van der Waals surface area contributed by atoms with E-state index >= 15 is 0 Å². The van der Waals surface area contributed by atoms with Crippen molar-refractivity contribution in [2.24, 2.45) is 0 Å². The Kier molecular flexibility index (Phi) is 4.01. The number of tetrazole rings is 1. The number of nitrogens with one attached hydrogen (secondary N) is 2. The summed E-state index contributed by atoms with van der Waals surface area (Å²) in [6, 6.07) is 3.21. The van der Waals surface area contributed by atoms with Crippen LogP contribution in [0.25, 0.3) is 0 Å². The van der Waals surface area contributed by atoms with Gasteiger partial charge < -0.3 is 10.1 Å². The number of nitrogens with zero attached hydrogens (tertiary/aromatic N) is 4. The van der Waals surface area contributed by atoms with Gasteiger partial charge in [0.1, 0.15) is 5.82 Å². The predicted molar refractivity (Wildman–Crippen MR) is 66.4 cm³/mol. The molecule has 0 aliphatic heterocycles. The minimum absolute atomic E-state index is 0.139. The van der Waals surface area contributed by atoms with E-state index in [2.05, 4.69) is 30.9 Å². The number of carbonyl (C=O) groups is 1. The van der Waals surface area contributed by atoms with Gasteiger partial charge in [0.25, 0.3) is 0 Å². The molecule has 0 bridgehead atoms. The summed E-state index contributed by atoms with van der Waals surface area (Å²) < 4.78 is 4.88. The van der Waals surface area contributed by atoms with Crippen LogP contribution >= 0.6 is 0 Å². The average molecular weight is 262 g/mol. The van der Waals surface area contributed by atoms with Gasteiger partial charge in [0, 0.05) is 6.20 Å². The van der Waals surface area contributed by atoms with Gasteiger partial charge in [-0.25, -0.2) is 9.78 Å². The topological polar surface area (TPSA) is 106 Å². The van der Waals surface area contributed by atoms with Crippen LogP contribution in [0.5, 0.6) is 0 Å². The molecule has 0 aliphatic carbocycles. The van der Waals surface area contributed by atoms with Crippen LogP contribution in [-0.4, -0.2) is 38.2 Å². The smallest absolute Gasteiger partial charge is 0.339 e. The molecule has 2 N–H and O–H groups in total. The van der Waals surface area contributed by atoms with Crippen molar-refractivity contribution < 1.29 is 9.53 Å². The second-order valence-electron chi connectivity index (χ2n) is 3.79. The Labute approximate surface area is 109 Å². The fraction of sp³-hybridized carbons (Fsp3) is 0.364. The third kappa shape index (κ3) is 3.24. The number of aromatic nitrogens is 5. The Balaban J connectivity index is 2.01. The van der Waals surface area contributed by atoms with Crippen molar-refractivity contribution in [2.45, 2.75) is 19.9 Å². The van der Waals surface area contributed by atoms with Crippen LogP contribution in [0.2, 0.25) is 0 Å². The number of carbonyl (C=O) groups excluding carboxylic acids is 1. The number of H-pyrrole nitrogens is 1. The lowest BCUT2D eigenvalue weighted by Gasteiger charge is -2.10. The number of hydrogen-bond acceptors (Lipinski definition) is 7. The molecule has 19 heavy (non-hydrogen) atoms. The normalized spacial score (nSPS) is 11.9. The lowest BCUT2D eigenvalue weighted by Crippen LogP contribution is -2.10. The molecule has 0 radical (unpaired) electrons. The van der Waals surface area contributed by atoms with E-state index < -0.39 is 0 Å². The SMILES string of the molecule is CCOC(=O)c1ccc(NC(C)c2nn[nH]n2)nc1. The van der Waals surface area contributed by atoms with Crippen LogP contribution in [-0.2, 0) is 4.74 Å². The summed E-state index contributed by atoms with van der Waals surface area (Å²) in [5.74, 6) is 0.773. The number of hydrogen-bond donors (Lipinski definition) is 2. The van der Waals surface area contributed by atoms with E-state index in [1.165, 1.54) is 6.20 Å². The van der Waals surface area contributed by atoms with Crippen molar-refractivity contribution in [1.82, 2.24) is 25.6 Å². The average Bonchev–Trinajstić information content (AvgIpc) is 2.94. The Bertz CT molecular complexity index is 525. The van der Waals surface area contributed by atoms with Crippen molar-refractivity contribution in [3.8, 4) is 0 Å². The van der Waals surface area contributed by atoms with E-state index in [0.29, 0.717) is 23.8 Å². The van der Waals surface area contributed by atoms with Crippen LogP contribution < -0.4 is 5.32 Å². The molecule has 2 aromatic rings. The lowest BCUT2D eigenvalue weighted by atomic mass is 10.2. The summed E-state index contributed by atoms with van der Waals surface area (Å²) in [7, 11) is 0. The quantitative estimate of drug-likeness (QED) is 0.772. The van der Waals surface area contributed by atoms with Crippen molar-refractivity contribution in [3.63, 3.8) is 0 Å². The highest BCUT2D eigenvalue weighted by Crippen LogP contribution is 2.13. The van der Waals surface area contributed by atoms with E-state index in [9.17, 15) is 4.79 Å². The van der Waals surface area contributed by atoms with Gasteiger partial charge in [0.05, 0.1) is 18.2 Å². The summed E-state index contributed by atoms with van der Waals surface area (Å²) in [6.45, 7) is 3.98. The van der Waals surface area contributed by atoms with Gasteiger partial charge in [-0.05, 0) is 26.0 Å². The molecule has 1 unspecified atom stereocenters. The van der Waals surface area contributed by atoms with Gasteiger partial charge in [-0.3, -0.25) is 0 Å². The number of pyridine rings is 1. The van der Waals surface area contributed by atoms with Gasteiger partial charge in [-0.15, -0.1) is 10.2 Å². The zero-order chi connectivity index (χ0) is 13.7. The minimum atomic E-state index is -0.382. The zero-order valence-electron chi connectivity index (χ0n) is 10.6. The lowest BCUT2D eigenvalue weighted by molar-refractivity contribution is 0.0526. The highest BCUT2D eigenvalue weighted by molar-refractivity contribution is 5.89. The molecule has 8 heteroatoms. The van der Waals surface area contributed by atoms with Crippen LogP contribution in [0, 0.1) is 0 Å². The molecule has 2 heterocycles. The zero-order valence-corrected chi connectivity index (χ0v) is 10.6. The third-order valence-corrected chi connectivity index (χ3v) is 2.39. The number of ether oxygens (including phenoxy) is 1. The molecule has 0 fully saturated rings. The first kappa shape index (κ1) is 12.9. The number of anilines is 1. The Hall–Kier alpha value is -2.51. The maximum Gasteiger partial charge on any atom is 0.339 e. The van der Waals surface area contributed by atoms with Crippen LogP contribution in [0.1, 0.15) is 36.1 Å². The first-order chi connectivity index (χ1) is 9.20. The molecule has 2 aromatic heterocycles. The second-order valence-corrected chi connectivity index (χ2v) is 3.79. The highest BCUT2D eigenvalue weighted by atomic mass is 16.5. The second kappa shape index (κ2) is 5.89. The molecular weight excluding hydrogens is 248 g/mol. The van der Waals surface area contributed by atoms with Crippen LogP contribution in [0.4, 0.5) is 5.82 Å². The van der Waals surface area contributed by atoms with E-state index in [4.69, 9.17) is 4.74 Å². The first-order valence-corrected chi connectivity index (χ1v) is 5.83. The summed E-state index contributed by atoms with van der Waals surface area (Å²) in [5.41, 5.74) is 0.416. The van der Waals surface area contributed by atoms with Crippen molar-refractivity contribution in [3.05, 3.63) is 29.7 Å². The molecule has 1 atom stereocenters. The summed E-state index contributed by atoms with van der Waals surface area (Å²) >= 11 is 0. The Morgan fingerprint density at radius 1 is 1.53 bits per heavy atom. The molecule has 0 spiro atoms. The van der Waals surface area contributed by atoms with Gasteiger partial charge in [-0.2, -0.15) is 5.21 Å². The predicted octanol–water partition coefficient (Wildman–Crippen LogP) is 0.944. The van der Waals surface area contributed by atoms with Gasteiger partial charge >= 0.3 is 5.97 Å². The highest BCUT2D eigenvalue weighted by Gasteiger charge is 2.11. The standard InChI is InChI=1S/C11H14N6O2/c1-3-19-11(18)8-4-5-9(12-6-8)13-7(2)10-14-16-17-15-10/h4-7H,3H2,1-2H3,(H,12,13)(H,14,15,16,17). The van der Waals surface area contributed by atoms with Crippen LogP contribution in [0.3, 0.4) is 0 Å². The van der Waals surface area contributed by atoms with Gasteiger partial charge in [-0.1, -0.05) is 5.21 Å². The molecule has 0 amide bonds. The molecular formula is C11H14N6O2. The van der Waals surface area contributed by atoms with E-state index in [1.807, 2.05) is 6.92 Å². The molecule has 0 aromatic carbocycles. The van der Waals surface area contributed by atoms with Gasteiger partial charge in [0.15, 0.2) is 5.82 Å². The van der Waals surface area contributed by atoms with E-state index in [1.54, 1.807) is 19.1 Å². The summed E-state index contributed by atoms with van der Waals surface area (Å²) in [4.78, 5) is 15.6. The minimum Gasteiger partial charge on any atom is -0.462 e. The Morgan fingerprint density at radius 3 is 2.95 bits per heavy atom. The number of aromatic amines is 1. The molecule has 8 nitrogen and oxygen atoms in total. The van der Waals surface area contributed by atoms with Crippen LogP contribution in [0.15, 0.2) is 18.3 Å². The van der Waals surface area contributed by atoms with Crippen molar-refractivity contribution in [2.75, 3.05) is 11.9 Å². The monoisotopic (exact) mass is 262 g/mol. The van der Waals surface area contributed by atoms with E-state index in [0.717, 1.165) is 0 Å². The number of rotatable bonds is 5. The third-order valence-electron chi connectivity index (χ3n) is 2.39. The first-order valence-electron chi connectivity index (χ1n) is 5.83. The molecule has 0 saturated heterocycles. The molecule has 0 saturated carbocycles. The molecule has 100 valence electrons. The van der Waals surface area contributed by atoms with E-state index in [-0.39, 0.29) is 12.0 Å². The molecule has 2 rings (SSSR count).